The zero-order chi connectivity index (χ0) is 13.0. The third kappa shape index (κ3) is 2.98. The quantitative estimate of drug-likeness (QED) is 0.841. The summed E-state index contributed by atoms with van der Waals surface area (Å²) in [5, 5.41) is 11.5. The first kappa shape index (κ1) is 13.3. The maximum Gasteiger partial charge on any atom is 0.226 e. The first-order valence-corrected chi connectivity index (χ1v) is 7.37. The van der Waals surface area contributed by atoms with Crippen LogP contribution in [0.4, 0.5) is 0 Å². The molecule has 1 fully saturated rings. The van der Waals surface area contributed by atoms with Gasteiger partial charge in [0.25, 0.3) is 0 Å². The molecule has 0 aliphatic heterocycles. The molecule has 0 atom stereocenters. The van der Waals surface area contributed by atoms with E-state index < -0.39 is 0 Å². The van der Waals surface area contributed by atoms with Gasteiger partial charge in [0.15, 0.2) is 0 Å². The summed E-state index contributed by atoms with van der Waals surface area (Å²) < 4.78 is 0. The molecule has 1 N–H and O–H groups in total. The summed E-state index contributed by atoms with van der Waals surface area (Å²) in [7, 11) is 0. The highest BCUT2D eigenvalue weighted by Gasteiger charge is 2.35. The topological polar surface area (TPSA) is 67.8 Å². The second-order valence-electron chi connectivity index (χ2n) is 4.89. The van der Waals surface area contributed by atoms with Crippen molar-refractivity contribution in [1.29, 1.82) is 0 Å². The minimum absolute atomic E-state index is 0.121. The first-order valence-electron chi connectivity index (χ1n) is 6.15. The van der Waals surface area contributed by atoms with Crippen LogP contribution in [0.25, 0.3) is 0 Å². The van der Waals surface area contributed by atoms with Crippen LogP contribution in [0, 0.1) is 5.41 Å². The summed E-state index contributed by atoms with van der Waals surface area (Å²) >= 11 is 1.45. The summed E-state index contributed by atoms with van der Waals surface area (Å²) in [6.45, 7) is 2.44. The van der Waals surface area contributed by atoms with Crippen LogP contribution in [0.5, 0.6) is 0 Å². The highest BCUT2D eigenvalue weighted by atomic mass is 32.2. The van der Waals surface area contributed by atoms with Crippen molar-refractivity contribution in [3.8, 4) is 0 Å². The van der Waals surface area contributed by atoms with Crippen LogP contribution in [-0.4, -0.2) is 27.3 Å². The first-order chi connectivity index (χ1) is 8.64. The van der Waals surface area contributed by atoms with Crippen molar-refractivity contribution >= 4 is 17.7 Å². The van der Waals surface area contributed by atoms with Crippen molar-refractivity contribution in [2.24, 2.45) is 5.41 Å². The number of amides is 1. The summed E-state index contributed by atoms with van der Waals surface area (Å²) in [6.07, 6.45) is 7.82. The molecule has 5 nitrogen and oxygen atoms in total. The third-order valence-electron chi connectivity index (χ3n) is 3.46. The van der Waals surface area contributed by atoms with Gasteiger partial charge >= 0.3 is 0 Å². The number of nitrogens with one attached hydrogen (secondary N) is 1. The van der Waals surface area contributed by atoms with Crippen LogP contribution < -0.4 is 5.32 Å². The maximum absolute atomic E-state index is 12.1. The Morgan fingerprint density at radius 2 is 2.17 bits per heavy atom. The molecule has 0 saturated heterocycles. The van der Waals surface area contributed by atoms with E-state index >= 15 is 0 Å². The van der Waals surface area contributed by atoms with E-state index in [1.165, 1.54) is 11.8 Å². The molecular formula is C12H18N4OS. The van der Waals surface area contributed by atoms with Gasteiger partial charge < -0.3 is 5.32 Å². The maximum atomic E-state index is 12.1. The molecule has 0 unspecified atom stereocenters. The summed E-state index contributed by atoms with van der Waals surface area (Å²) in [6, 6.07) is 0. The molecule has 0 spiro atoms. The van der Waals surface area contributed by atoms with Gasteiger partial charge in [-0.2, -0.15) is 0 Å². The van der Waals surface area contributed by atoms with Crippen LogP contribution in [0.2, 0.25) is 0 Å². The highest BCUT2D eigenvalue weighted by molar-refractivity contribution is 7.98. The molecule has 0 bridgehead atoms. The van der Waals surface area contributed by atoms with Gasteiger partial charge in [0.2, 0.25) is 11.1 Å². The van der Waals surface area contributed by atoms with Gasteiger partial charge in [-0.05, 0) is 19.1 Å². The molecule has 1 saturated carbocycles. The van der Waals surface area contributed by atoms with E-state index in [1.807, 2.05) is 13.2 Å². The van der Waals surface area contributed by atoms with Crippen molar-refractivity contribution in [2.75, 3.05) is 6.26 Å². The van der Waals surface area contributed by atoms with Crippen LogP contribution in [-0.2, 0) is 11.3 Å². The standard InChI is InChI=1S/C12H18N4OS/c1-12(5-3-4-6-12)10(17)13-7-9-8-14-11(18-2)16-15-9/h8H,3-7H2,1-2H3,(H,13,17). The minimum atomic E-state index is -0.194. The molecule has 6 heteroatoms. The summed E-state index contributed by atoms with van der Waals surface area (Å²) in [5.41, 5.74) is 0.503. The predicted octanol–water partition coefficient (Wildman–Crippen LogP) is 1.79. The molecule has 0 aromatic carbocycles. The lowest BCUT2D eigenvalue weighted by atomic mass is 9.88. The van der Waals surface area contributed by atoms with E-state index in [9.17, 15) is 4.79 Å². The van der Waals surface area contributed by atoms with Gasteiger partial charge in [-0.15, -0.1) is 10.2 Å². The number of rotatable bonds is 4. The van der Waals surface area contributed by atoms with E-state index in [-0.39, 0.29) is 11.3 Å². The molecule has 1 aromatic rings. The Labute approximate surface area is 111 Å². The van der Waals surface area contributed by atoms with Gasteiger partial charge in [-0.1, -0.05) is 31.5 Å². The highest BCUT2D eigenvalue weighted by Crippen LogP contribution is 2.37. The van der Waals surface area contributed by atoms with Crippen LogP contribution >= 0.6 is 11.8 Å². The molecule has 0 radical (unpaired) electrons. The lowest BCUT2D eigenvalue weighted by molar-refractivity contribution is -0.130. The van der Waals surface area contributed by atoms with Gasteiger partial charge in [0.1, 0.15) is 5.69 Å². The fourth-order valence-corrected chi connectivity index (χ4v) is 2.51. The zero-order valence-electron chi connectivity index (χ0n) is 10.8. The second kappa shape index (κ2) is 5.65. The van der Waals surface area contributed by atoms with Gasteiger partial charge in [-0.3, -0.25) is 4.79 Å². The lowest BCUT2D eigenvalue weighted by Crippen LogP contribution is -2.36. The summed E-state index contributed by atoms with van der Waals surface area (Å²) in [5.74, 6) is 0.121. The van der Waals surface area contributed by atoms with E-state index in [1.54, 1.807) is 6.20 Å². The third-order valence-corrected chi connectivity index (χ3v) is 4.01. The smallest absolute Gasteiger partial charge is 0.226 e. The minimum Gasteiger partial charge on any atom is -0.350 e. The Morgan fingerprint density at radius 1 is 1.44 bits per heavy atom. The average Bonchev–Trinajstić information content (AvgIpc) is 2.85. The van der Waals surface area contributed by atoms with Crippen LogP contribution in [0.15, 0.2) is 11.4 Å². The molecule has 1 amide bonds. The number of carbonyl (C=O) groups excluding carboxylic acids is 1. The van der Waals surface area contributed by atoms with Crippen molar-refractivity contribution in [3.05, 3.63) is 11.9 Å². The molecular weight excluding hydrogens is 248 g/mol. The Kier molecular flexibility index (Phi) is 4.16. The van der Waals surface area contributed by atoms with E-state index in [4.69, 9.17) is 0 Å². The number of hydrogen-bond acceptors (Lipinski definition) is 5. The lowest BCUT2D eigenvalue weighted by Gasteiger charge is -2.21. The van der Waals surface area contributed by atoms with E-state index in [0.29, 0.717) is 17.4 Å². The van der Waals surface area contributed by atoms with Crippen molar-refractivity contribution in [3.63, 3.8) is 0 Å². The van der Waals surface area contributed by atoms with Crippen molar-refractivity contribution < 1.29 is 4.79 Å². The Morgan fingerprint density at radius 3 is 2.72 bits per heavy atom. The molecule has 1 aromatic heterocycles. The normalized spacial score (nSPS) is 17.7. The Bertz CT molecular complexity index is 415. The molecule has 18 heavy (non-hydrogen) atoms. The van der Waals surface area contributed by atoms with Crippen molar-refractivity contribution in [1.82, 2.24) is 20.5 Å². The molecule has 98 valence electrons. The molecule has 1 aliphatic rings. The number of carbonyl (C=O) groups is 1. The van der Waals surface area contributed by atoms with E-state index in [0.717, 1.165) is 25.7 Å². The number of nitrogens with zero attached hydrogens (tertiary/aromatic N) is 3. The second-order valence-corrected chi connectivity index (χ2v) is 5.66. The summed E-state index contributed by atoms with van der Waals surface area (Å²) in [4.78, 5) is 16.2. The Hall–Kier alpha value is -1.17. The number of aromatic nitrogens is 3. The largest absolute Gasteiger partial charge is 0.350 e. The Balaban J connectivity index is 1.88. The molecule has 2 rings (SSSR count). The molecule has 1 heterocycles. The molecule has 1 aliphatic carbocycles. The SMILES string of the molecule is CSc1ncc(CNC(=O)C2(C)CCCC2)nn1. The van der Waals surface area contributed by atoms with Gasteiger partial charge in [0.05, 0.1) is 12.7 Å². The van der Waals surface area contributed by atoms with Crippen molar-refractivity contribution in [2.45, 2.75) is 44.3 Å². The van der Waals surface area contributed by atoms with Gasteiger partial charge in [0, 0.05) is 5.41 Å². The zero-order valence-corrected chi connectivity index (χ0v) is 11.6. The fraction of sp³-hybridized carbons (Fsp3) is 0.667. The average molecular weight is 266 g/mol. The number of thioether (sulfide) groups is 1. The monoisotopic (exact) mass is 266 g/mol. The fourth-order valence-electron chi connectivity index (χ4n) is 2.23. The van der Waals surface area contributed by atoms with Crippen LogP contribution in [0.1, 0.15) is 38.3 Å². The van der Waals surface area contributed by atoms with E-state index in [2.05, 4.69) is 20.5 Å². The van der Waals surface area contributed by atoms with Crippen LogP contribution in [0.3, 0.4) is 0 Å². The predicted molar refractivity (Wildman–Crippen MR) is 70.0 cm³/mol. The van der Waals surface area contributed by atoms with Gasteiger partial charge in [-0.25, -0.2) is 4.98 Å². The number of hydrogen-bond donors (Lipinski definition) is 1.